The summed E-state index contributed by atoms with van der Waals surface area (Å²) in [4.78, 5) is 13.3. The summed E-state index contributed by atoms with van der Waals surface area (Å²) in [5, 5.41) is 18.3. The third-order valence-corrected chi connectivity index (χ3v) is 2.54. The minimum Gasteiger partial charge on any atom is -0.477 e. The van der Waals surface area contributed by atoms with Crippen LogP contribution in [0.2, 0.25) is 0 Å². The van der Waals surface area contributed by atoms with Gasteiger partial charge < -0.3 is 15.2 Å². The van der Waals surface area contributed by atoms with E-state index < -0.39 is 12.1 Å². The van der Waals surface area contributed by atoms with Gasteiger partial charge in [-0.25, -0.2) is 4.79 Å². The minimum atomic E-state index is -0.978. The summed E-state index contributed by atoms with van der Waals surface area (Å²) < 4.78 is 0. The molecule has 0 radical (unpaired) electrons. The minimum absolute atomic E-state index is 0.163. The molecule has 0 aromatic carbocycles. The van der Waals surface area contributed by atoms with E-state index in [0.29, 0.717) is 5.69 Å². The highest BCUT2D eigenvalue weighted by molar-refractivity contribution is 5.86. The summed E-state index contributed by atoms with van der Waals surface area (Å²) in [5.41, 5.74) is 1.76. The van der Waals surface area contributed by atoms with Crippen LogP contribution in [0.5, 0.6) is 0 Å². The highest BCUT2D eigenvalue weighted by Crippen LogP contribution is 2.35. The highest BCUT2D eigenvalue weighted by Gasteiger charge is 2.30. The highest BCUT2D eigenvalue weighted by atomic mass is 16.4. The molecule has 0 spiro atoms. The predicted molar refractivity (Wildman–Crippen MR) is 45.6 cm³/mol. The van der Waals surface area contributed by atoms with Crippen molar-refractivity contribution >= 4 is 5.97 Å². The number of aliphatic hydroxyl groups excluding tert-OH is 1. The van der Waals surface area contributed by atoms with Gasteiger partial charge in [0.1, 0.15) is 5.69 Å². The number of aliphatic hydroxyl groups is 1. The van der Waals surface area contributed by atoms with Gasteiger partial charge in [0.25, 0.3) is 0 Å². The number of carboxylic acid groups (broad SMARTS) is 1. The molecule has 0 aliphatic heterocycles. The molecular formula is C9H11NO3. The summed E-state index contributed by atoms with van der Waals surface area (Å²) in [6, 6.07) is 1.60. The van der Waals surface area contributed by atoms with Crippen LogP contribution in [-0.4, -0.2) is 21.2 Å². The van der Waals surface area contributed by atoms with Crippen LogP contribution in [0.25, 0.3) is 0 Å². The van der Waals surface area contributed by atoms with E-state index >= 15 is 0 Å². The van der Waals surface area contributed by atoms with Crippen LogP contribution in [-0.2, 0) is 6.42 Å². The van der Waals surface area contributed by atoms with Crippen LogP contribution < -0.4 is 0 Å². The number of aromatic carboxylic acids is 1. The first-order valence-electron chi connectivity index (χ1n) is 4.22. The number of H-pyrrole nitrogens is 1. The Morgan fingerprint density at radius 3 is 2.92 bits per heavy atom. The van der Waals surface area contributed by atoms with Crippen molar-refractivity contribution in [3.8, 4) is 0 Å². The number of aromatic nitrogens is 1. The van der Waals surface area contributed by atoms with Crippen molar-refractivity contribution in [2.24, 2.45) is 5.92 Å². The van der Waals surface area contributed by atoms with Gasteiger partial charge in [-0.15, -0.1) is 0 Å². The van der Waals surface area contributed by atoms with Gasteiger partial charge in [0.15, 0.2) is 0 Å². The van der Waals surface area contributed by atoms with E-state index in [1.165, 1.54) is 0 Å². The average molecular weight is 181 g/mol. The van der Waals surface area contributed by atoms with E-state index in [4.69, 9.17) is 5.11 Å². The molecule has 0 fully saturated rings. The second kappa shape index (κ2) is 2.60. The number of fused-ring (bicyclic) bond motifs is 1. The molecule has 2 atom stereocenters. The average Bonchev–Trinajstić information content (AvgIpc) is 2.55. The lowest BCUT2D eigenvalue weighted by atomic mass is 10.1. The zero-order chi connectivity index (χ0) is 9.59. The molecule has 13 heavy (non-hydrogen) atoms. The number of hydrogen-bond acceptors (Lipinski definition) is 2. The van der Waals surface area contributed by atoms with Gasteiger partial charge in [0, 0.05) is 5.69 Å². The molecule has 0 saturated heterocycles. The van der Waals surface area contributed by atoms with Crippen LogP contribution in [0, 0.1) is 5.92 Å². The number of carboxylic acids is 1. The predicted octanol–water partition coefficient (Wildman–Crippen LogP) is 0.938. The first kappa shape index (κ1) is 8.31. The molecule has 2 rings (SSSR count). The molecule has 0 saturated carbocycles. The Labute approximate surface area is 75.2 Å². The normalized spacial score (nSPS) is 26.0. The number of carbonyl (C=O) groups is 1. The number of rotatable bonds is 1. The van der Waals surface area contributed by atoms with Gasteiger partial charge in [0.05, 0.1) is 6.10 Å². The van der Waals surface area contributed by atoms with E-state index in [1.54, 1.807) is 6.07 Å². The molecule has 4 nitrogen and oxygen atoms in total. The van der Waals surface area contributed by atoms with Crippen molar-refractivity contribution in [3.63, 3.8) is 0 Å². The molecule has 1 aromatic rings. The lowest BCUT2D eigenvalue weighted by Crippen LogP contribution is -2.05. The Morgan fingerprint density at radius 2 is 2.38 bits per heavy atom. The number of aromatic amines is 1. The summed E-state index contributed by atoms with van der Waals surface area (Å²) in [7, 11) is 0. The summed E-state index contributed by atoms with van der Waals surface area (Å²) in [6.45, 7) is 1.94. The zero-order valence-electron chi connectivity index (χ0n) is 7.24. The third-order valence-electron chi connectivity index (χ3n) is 2.54. The fourth-order valence-electron chi connectivity index (χ4n) is 1.80. The van der Waals surface area contributed by atoms with Gasteiger partial charge in [0.2, 0.25) is 0 Å². The Kier molecular flexibility index (Phi) is 1.66. The quantitative estimate of drug-likeness (QED) is 0.603. The second-order valence-corrected chi connectivity index (χ2v) is 3.55. The van der Waals surface area contributed by atoms with Crippen molar-refractivity contribution in [2.75, 3.05) is 0 Å². The van der Waals surface area contributed by atoms with E-state index in [0.717, 1.165) is 12.0 Å². The second-order valence-electron chi connectivity index (χ2n) is 3.55. The first-order valence-corrected chi connectivity index (χ1v) is 4.22. The molecule has 70 valence electrons. The van der Waals surface area contributed by atoms with Crippen molar-refractivity contribution < 1.29 is 15.0 Å². The fourth-order valence-corrected chi connectivity index (χ4v) is 1.80. The molecule has 0 amide bonds. The van der Waals surface area contributed by atoms with Crippen LogP contribution >= 0.6 is 0 Å². The van der Waals surface area contributed by atoms with Crippen molar-refractivity contribution in [1.29, 1.82) is 0 Å². The molecular weight excluding hydrogens is 170 g/mol. The van der Waals surface area contributed by atoms with Gasteiger partial charge in [-0.1, -0.05) is 6.92 Å². The van der Waals surface area contributed by atoms with Gasteiger partial charge in [-0.05, 0) is 24.0 Å². The maximum atomic E-state index is 10.6. The van der Waals surface area contributed by atoms with Crippen LogP contribution in [0.4, 0.5) is 0 Å². The Hall–Kier alpha value is -1.29. The summed E-state index contributed by atoms with van der Waals surface area (Å²) >= 11 is 0. The maximum Gasteiger partial charge on any atom is 0.352 e. The topological polar surface area (TPSA) is 73.3 Å². The summed E-state index contributed by atoms with van der Waals surface area (Å²) in [5.74, 6) is -0.793. The van der Waals surface area contributed by atoms with E-state index in [2.05, 4.69) is 4.98 Å². The standard InChI is InChI=1S/C9H11NO3/c1-4-2-5-3-6(9(12)13)10-7(5)8(4)11/h3-4,8,10-11H,2H2,1H3,(H,12,13). The van der Waals surface area contributed by atoms with Crippen molar-refractivity contribution in [2.45, 2.75) is 19.4 Å². The molecule has 4 heteroatoms. The lowest BCUT2D eigenvalue weighted by molar-refractivity contribution is 0.0689. The molecule has 1 heterocycles. The Balaban J connectivity index is 2.40. The first-order chi connectivity index (χ1) is 6.09. The van der Waals surface area contributed by atoms with Crippen molar-refractivity contribution in [3.05, 3.63) is 23.0 Å². The smallest absolute Gasteiger partial charge is 0.352 e. The fraction of sp³-hybridized carbons (Fsp3) is 0.444. The molecule has 0 bridgehead atoms. The van der Waals surface area contributed by atoms with Crippen LogP contribution in [0.1, 0.15) is 34.8 Å². The molecule has 1 aliphatic rings. The van der Waals surface area contributed by atoms with Gasteiger partial charge in [-0.2, -0.15) is 0 Å². The van der Waals surface area contributed by atoms with E-state index in [9.17, 15) is 9.90 Å². The van der Waals surface area contributed by atoms with Crippen LogP contribution in [0.3, 0.4) is 0 Å². The van der Waals surface area contributed by atoms with Crippen molar-refractivity contribution in [1.82, 2.24) is 4.98 Å². The Bertz CT molecular complexity index is 356. The van der Waals surface area contributed by atoms with E-state index in [-0.39, 0.29) is 11.6 Å². The van der Waals surface area contributed by atoms with Gasteiger partial charge in [-0.3, -0.25) is 0 Å². The maximum absolute atomic E-state index is 10.6. The number of nitrogens with one attached hydrogen (secondary N) is 1. The van der Waals surface area contributed by atoms with Crippen LogP contribution in [0.15, 0.2) is 6.07 Å². The number of hydrogen-bond donors (Lipinski definition) is 3. The monoisotopic (exact) mass is 181 g/mol. The SMILES string of the molecule is CC1Cc2cc(C(=O)O)[nH]c2C1O. The third kappa shape index (κ3) is 1.14. The van der Waals surface area contributed by atoms with Gasteiger partial charge >= 0.3 is 5.97 Å². The molecule has 1 aliphatic carbocycles. The molecule has 2 unspecified atom stereocenters. The zero-order valence-corrected chi connectivity index (χ0v) is 7.24. The molecule has 1 aromatic heterocycles. The largest absolute Gasteiger partial charge is 0.477 e. The Morgan fingerprint density at radius 1 is 1.69 bits per heavy atom. The van der Waals surface area contributed by atoms with E-state index in [1.807, 2.05) is 6.92 Å². The summed E-state index contributed by atoms with van der Waals surface area (Å²) in [6.07, 6.45) is 0.211. The lowest BCUT2D eigenvalue weighted by Gasteiger charge is -2.07. The molecule has 3 N–H and O–H groups in total.